The summed E-state index contributed by atoms with van der Waals surface area (Å²) in [5, 5.41) is 0. The Hall–Kier alpha value is -0.130. The summed E-state index contributed by atoms with van der Waals surface area (Å²) in [7, 11) is -3.29. The molecule has 4 nitrogen and oxygen atoms in total. The quantitative estimate of drug-likeness (QED) is 0.643. The van der Waals surface area contributed by atoms with Gasteiger partial charge in [-0.2, -0.15) is 8.42 Å². The Labute approximate surface area is 79.6 Å². The Balaban J connectivity index is 2.17. The minimum Gasteiger partial charge on any atom is -0.330 e. The molecule has 0 atom stereocenters. The van der Waals surface area contributed by atoms with Crippen molar-refractivity contribution >= 4 is 10.1 Å². The molecule has 1 aliphatic carbocycles. The van der Waals surface area contributed by atoms with Gasteiger partial charge in [-0.05, 0) is 31.7 Å². The highest BCUT2D eigenvalue weighted by molar-refractivity contribution is 7.86. The molecule has 0 aromatic heterocycles. The average molecular weight is 207 g/mol. The molecular formula is C8H17NO3S. The summed E-state index contributed by atoms with van der Waals surface area (Å²) >= 11 is 0. The molecular weight excluding hydrogens is 190 g/mol. The number of rotatable bonds is 6. The zero-order valence-corrected chi connectivity index (χ0v) is 8.55. The van der Waals surface area contributed by atoms with E-state index in [1.807, 2.05) is 0 Å². The second kappa shape index (κ2) is 4.93. The molecule has 78 valence electrons. The van der Waals surface area contributed by atoms with Crippen LogP contribution in [0.3, 0.4) is 0 Å². The summed E-state index contributed by atoms with van der Waals surface area (Å²) in [4.78, 5) is 0. The molecule has 0 unspecified atom stereocenters. The van der Waals surface area contributed by atoms with Crippen LogP contribution >= 0.6 is 0 Å². The maximum absolute atomic E-state index is 11.2. The number of hydrogen-bond donors (Lipinski definition) is 1. The van der Waals surface area contributed by atoms with Crippen LogP contribution in [0.1, 0.15) is 25.7 Å². The van der Waals surface area contributed by atoms with Gasteiger partial charge < -0.3 is 5.73 Å². The third-order valence-corrected chi connectivity index (χ3v) is 3.59. The van der Waals surface area contributed by atoms with E-state index in [2.05, 4.69) is 0 Å². The first-order chi connectivity index (χ1) is 6.14. The van der Waals surface area contributed by atoms with Gasteiger partial charge in [0.25, 0.3) is 10.1 Å². The van der Waals surface area contributed by atoms with Crippen LogP contribution in [0.4, 0.5) is 0 Å². The van der Waals surface area contributed by atoms with Gasteiger partial charge in [0.15, 0.2) is 0 Å². The lowest BCUT2D eigenvalue weighted by atomic mass is 9.86. The second-order valence-corrected chi connectivity index (χ2v) is 5.24. The lowest BCUT2D eigenvalue weighted by Crippen LogP contribution is -2.22. The van der Waals surface area contributed by atoms with Crippen molar-refractivity contribution in [2.45, 2.75) is 25.7 Å². The lowest BCUT2D eigenvalue weighted by molar-refractivity contribution is 0.185. The van der Waals surface area contributed by atoms with Gasteiger partial charge in [0, 0.05) is 0 Å². The Kier molecular flexibility index (Phi) is 4.15. The summed E-state index contributed by atoms with van der Waals surface area (Å²) in [5.74, 6) is 0.517. The van der Waals surface area contributed by atoms with E-state index in [1.54, 1.807) is 0 Å². The van der Waals surface area contributed by atoms with Crippen LogP contribution in [0, 0.1) is 5.92 Å². The molecule has 1 fully saturated rings. The van der Waals surface area contributed by atoms with E-state index in [4.69, 9.17) is 9.92 Å². The topological polar surface area (TPSA) is 69.4 Å². The van der Waals surface area contributed by atoms with Crippen LogP contribution in [0.5, 0.6) is 0 Å². The van der Waals surface area contributed by atoms with Crippen LogP contribution in [0.25, 0.3) is 0 Å². The van der Waals surface area contributed by atoms with Crippen molar-refractivity contribution in [1.29, 1.82) is 0 Å². The Bertz CT molecular complexity index is 234. The molecule has 0 amide bonds. The monoisotopic (exact) mass is 207 g/mol. The molecule has 2 N–H and O–H groups in total. The molecule has 0 spiro atoms. The molecule has 13 heavy (non-hydrogen) atoms. The molecule has 0 saturated heterocycles. The van der Waals surface area contributed by atoms with Gasteiger partial charge in [-0.3, -0.25) is 4.18 Å². The number of hydrogen-bond acceptors (Lipinski definition) is 4. The fourth-order valence-electron chi connectivity index (χ4n) is 1.18. The Morgan fingerprint density at radius 1 is 1.38 bits per heavy atom. The highest BCUT2D eigenvalue weighted by Gasteiger charge is 2.20. The molecule has 5 heteroatoms. The van der Waals surface area contributed by atoms with Gasteiger partial charge in [-0.15, -0.1) is 0 Å². The molecule has 0 heterocycles. The minimum absolute atomic E-state index is 0.0518. The Morgan fingerprint density at radius 3 is 2.54 bits per heavy atom. The SMILES string of the molecule is NCCCS(=O)(=O)OCC1CCC1. The van der Waals surface area contributed by atoms with Crippen molar-refractivity contribution in [3.05, 3.63) is 0 Å². The summed E-state index contributed by atoms with van der Waals surface area (Å²) < 4.78 is 27.2. The zero-order valence-electron chi connectivity index (χ0n) is 7.74. The van der Waals surface area contributed by atoms with Gasteiger partial charge in [0.2, 0.25) is 0 Å². The second-order valence-electron chi connectivity index (χ2n) is 3.49. The van der Waals surface area contributed by atoms with Crippen LogP contribution in [-0.4, -0.2) is 27.3 Å². The zero-order chi connectivity index (χ0) is 9.73. The lowest BCUT2D eigenvalue weighted by Gasteiger charge is -2.24. The highest BCUT2D eigenvalue weighted by atomic mass is 32.2. The third kappa shape index (κ3) is 4.06. The maximum atomic E-state index is 11.2. The van der Waals surface area contributed by atoms with Crippen LogP contribution in [0.2, 0.25) is 0 Å². The van der Waals surface area contributed by atoms with Gasteiger partial charge in [0.1, 0.15) is 0 Å². The van der Waals surface area contributed by atoms with Crippen molar-refractivity contribution < 1.29 is 12.6 Å². The van der Waals surface area contributed by atoms with Crippen LogP contribution in [-0.2, 0) is 14.3 Å². The van der Waals surface area contributed by atoms with E-state index < -0.39 is 10.1 Å². The van der Waals surface area contributed by atoms with E-state index in [9.17, 15) is 8.42 Å². The molecule has 1 aliphatic rings. The largest absolute Gasteiger partial charge is 0.330 e. The van der Waals surface area contributed by atoms with Gasteiger partial charge in [-0.1, -0.05) is 6.42 Å². The van der Waals surface area contributed by atoms with Crippen molar-refractivity contribution in [2.75, 3.05) is 18.9 Å². The average Bonchev–Trinajstić information content (AvgIpc) is 1.98. The number of nitrogens with two attached hydrogens (primary N) is 1. The fraction of sp³-hybridized carbons (Fsp3) is 1.00. The highest BCUT2D eigenvalue weighted by Crippen LogP contribution is 2.26. The van der Waals surface area contributed by atoms with Crippen molar-refractivity contribution in [2.24, 2.45) is 11.7 Å². The van der Waals surface area contributed by atoms with Crippen LogP contribution in [0.15, 0.2) is 0 Å². The maximum Gasteiger partial charge on any atom is 0.267 e. The molecule has 1 saturated carbocycles. The smallest absolute Gasteiger partial charge is 0.267 e. The summed E-state index contributed by atoms with van der Waals surface area (Å²) in [6.07, 6.45) is 3.89. The summed E-state index contributed by atoms with van der Waals surface area (Å²) in [6.45, 7) is 0.763. The first kappa shape index (κ1) is 10.9. The van der Waals surface area contributed by atoms with E-state index in [1.165, 1.54) is 6.42 Å². The predicted molar refractivity (Wildman–Crippen MR) is 50.8 cm³/mol. The van der Waals surface area contributed by atoms with Gasteiger partial charge >= 0.3 is 0 Å². The van der Waals surface area contributed by atoms with Gasteiger partial charge in [-0.25, -0.2) is 0 Å². The van der Waals surface area contributed by atoms with E-state index in [0.717, 1.165) is 12.8 Å². The fourth-order valence-corrected chi connectivity index (χ4v) is 2.22. The molecule has 1 rings (SSSR count). The standard InChI is InChI=1S/C8H17NO3S/c9-5-2-6-13(10,11)12-7-8-3-1-4-8/h8H,1-7,9H2. The van der Waals surface area contributed by atoms with Crippen molar-refractivity contribution in [1.82, 2.24) is 0 Å². The molecule has 0 bridgehead atoms. The predicted octanol–water partition coefficient (Wildman–Crippen LogP) is 0.482. The first-order valence-electron chi connectivity index (χ1n) is 4.71. The van der Waals surface area contributed by atoms with Crippen LogP contribution < -0.4 is 5.73 Å². The third-order valence-electron chi connectivity index (χ3n) is 2.31. The first-order valence-corrected chi connectivity index (χ1v) is 6.29. The Morgan fingerprint density at radius 2 is 2.08 bits per heavy atom. The molecule has 0 aromatic carbocycles. The van der Waals surface area contributed by atoms with Crippen molar-refractivity contribution in [3.8, 4) is 0 Å². The normalized spacial score (nSPS) is 18.5. The summed E-state index contributed by atoms with van der Waals surface area (Å²) in [5.41, 5.74) is 5.21. The molecule has 0 aliphatic heterocycles. The van der Waals surface area contributed by atoms with E-state index >= 15 is 0 Å². The van der Waals surface area contributed by atoms with Crippen molar-refractivity contribution in [3.63, 3.8) is 0 Å². The van der Waals surface area contributed by atoms with Gasteiger partial charge in [0.05, 0.1) is 12.4 Å². The van der Waals surface area contributed by atoms with E-state index in [-0.39, 0.29) is 5.75 Å². The van der Waals surface area contributed by atoms with E-state index in [0.29, 0.717) is 25.5 Å². The minimum atomic E-state index is -3.29. The summed E-state index contributed by atoms with van der Waals surface area (Å²) in [6, 6.07) is 0. The molecule has 0 aromatic rings. The molecule has 0 radical (unpaired) electrons.